The van der Waals surface area contributed by atoms with E-state index in [9.17, 15) is 4.79 Å². The molecule has 1 fully saturated rings. The van der Waals surface area contributed by atoms with Gasteiger partial charge in [0.2, 0.25) is 0 Å². The number of hydrogen-bond acceptors (Lipinski definition) is 3. The van der Waals surface area contributed by atoms with Gasteiger partial charge in [0, 0.05) is 31.5 Å². The topological polar surface area (TPSA) is 62.2 Å². The molecule has 1 aliphatic heterocycles. The van der Waals surface area contributed by atoms with Crippen molar-refractivity contribution in [1.29, 1.82) is 0 Å². The van der Waals surface area contributed by atoms with E-state index in [1.807, 2.05) is 23.9 Å². The number of aromatic nitrogens is 2. The molecule has 0 radical (unpaired) electrons. The average molecular weight is 279 g/mol. The number of carbonyl (C=O) groups excluding carboxylic acids is 1. The Labute approximate surface area is 120 Å². The molecule has 2 rings (SSSR count). The van der Waals surface area contributed by atoms with Crippen LogP contribution < -0.4 is 10.6 Å². The highest BCUT2D eigenvalue weighted by Crippen LogP contribution is 2.14. The molecule has 0 aromatic carbocycles. The van der Waals surface area contributed by atoms with Crippen LogP contribution in [0, 0.1) is 5.92 Å². The van der Waals surface area contributed by atoms with Crippen LogP contribution >= 0.6 is 0 Å². The smallest absolute Gasteiger partial charge is 0.315 e. The third kappa shape index (κ3) is 4.52. The summed E-state index contributed by atoms with van der Waals surface area (Å²) in [6, 6.07) is 1.86. The zero-order valence-electron chi connectivity index (χ0n) is 12.4. The number of carbonyl (C=O) groups is 1. The molecule has 2 atom stereocenters. The molecular weight excluding hydrogens is 254 g/mol. The summed E-state index contributed by atoms with van der Waals surface area (Å²) in [6.45, 7) is 8.96. The summed E-state index contributed by atoms with van der Waals surface area (Å²) in [4.78, 5) is 14.2. The molecule has 0 bridgehead atoms. The first kappa shape index (κ1) is 14.8. The highest BCUT2D eigenvalue weighted by atomic mass is 16.2. The monoisotopic (exact) mass is 279 g/mol. The van der Waals surface area contributed by atoms with Gasteiger partial charge in [-0.1, -0.05) is 6.92 Å². The van der Waals surface area contributed by atoms with E-state index < -0.39 is 0 Å². The molecule has 2 amide bonds. The van der Waals surface area contributed by atoms with Crippen LogP contribution in [0.2, 0.25) is 0 Å². The van der Waals surface area contributed by atoms with Crippen molar-refractivity contribution in [3.63, 3.8) is 0 Å². The van der Waals surface area contributed by atoms with Gasteiger partial charge in [0.1, 0.15) is 0 Å². The molecule has 0 spiro atoms. The van der Waals surface area contributed by atoms with E-state index >= 15 is 0 Å². The van der Waals surface area contributed by atoms with Crippen LogP contribution in [0.25, 0.3) is 0 Å². The second-order valence-corrected chi connectivity index (χ2v) is 5.53. The van der Waals surface area contributed by atoms with E-state index in [4.69, 9.17) is 0 Å². The first-order valence-corrected chi connectivity index (χ1v) is 7.41. The summed E-state index contributed by atoms with van der Waals surface area (Å²) in [5.41, 5.74) is 0. The Morgan fingerprint density at radius 1 is 1.55 bits per heavy atom. The highest BCUT2D eigenvalue weighted by molar-refractivity contribution is 5.74. The number of nitrogens with one attached hydrogen (secondary N) is 2. The molecule has 0 aliphatic carbocycles. The maximum atomic E-state index is 11.8. The van der Waals surface area contributed by atoms with Gasteiger partial charge in [0.25, 0.3) is 0 Å². The van der Waals surface area contributed by atoms with Crippen molar-refractivity contribution in [2.45, 2.75) is 32.9 Å². The van der Waals surface area contributed by atoms with Crippen molar-refractivity contribution in [3.8, 4) is 0 Å². The lowest BCUT2D eigenvalue weighted by Crippen LogP contribution is -2.44. The Bertz CT molecular complexity index is 406. The first-order valence-electron chi connectivity index (χ1n) is 7.41. The maximum Gasteiger partial charge on any atom is 0.315 e. The Balaban J connectivity index is 1.62. The lowest BCUT2D eigenvalue weighted by Gasteiger charge is -2.17. The number of urea groups is 1. The largest absolute Gasteiger partial charge is 0.338 e. The fraction of sp³-hybridized carbons (Fsp3) is 0.714. The molecule has 1 aromatic heterocycles. The minimum atomic E-state index is -0.0837. The van der Waals surface area contributed by atoms with Gasteiger partial charge in [-0.15, -0.1) is 0 Å². The molecule has 0 unspecified atom stereocenters. The van der Waals surface area contributed by atoms with E-state index in [-0.39, 0.29) is 12.1 Å². The molecule has 2 heterocycles. The normalized spacial score (nSPS) is 20.8. The van der Waals surface area contributed by atoms with Crippen molar-refractivity contribution in [3.05, 3.63) is 18.5 Å². The van der Waals surface area contributed by atoms with Gasteiger partial charge in [-0.25, -0.2) is 4.79 Å². The standard InChI is InChI=1S/C14H25N5O/c1-3-18-8-5-13(11-18)9-15-14(20)17-12(2)10-19-7-4-6-16-19/h4,6-7,12-13H,3,5,8-11H2,1-2H3,(H2,15,17,20)/t12-,13-/m0/s1. The maximum absolute atomic E-state index is 11.8. The van der Waals surface area contributed by atoms with Gasteiger partial charge < -0.3 is 15.5 Å². The Morgan fingerprint density at radius 3 is 3.05 bits per heavy atom. The molecule has 20 heavy (non-hydrogen) atoms. The molecule has 6 nitrogen and oxygen atoms in total. The molecule has 1 aromatic rings. The SMILES string of the molecule is CCN1CC[C@@H](CNC(=O)N[C@@H](C)Cn2cccn2)C1. The molecule has 6 heteroatoms. The lowest BCUT2D eigenvalue weighted by molar-refractivity contribution is 0.234. The second kappa shape index (κ2) is 7.28. The minimum Gasteiger partial charge on any atom is -0.338 e. The second-order valence-electron chi connectivity index (χ2n) is 5.53. The zero-order chi connectivity index (χ0) is 14.4. The Kier molecular flexibility index (Phi) is 5.40. The van der Waals surface area contributed by atoms with Gasteiger partial charge in [-0.2, -0.15) is 5.10 Å². The van der Waals surface area contributed by atoms with E-state index in [1.165, 1.54) is 6.42 Å². The highest BCUT2D eigenvalue weighted by Gasteiger charge is 2.21. The van der Waals surface area contributed by atoms with E-state index in [0.717, 1.165) is 26.2 Å². The van der Waals surface area contributed by atoms with Gasteiger partial charge in [0.15, 0.2) is 0 Å². The van der Waals surface area contributed by atoms with E-state index in [1.54, 1.807) is 6.20 Å². The van der Waals surface area contributed by atoms with Crippen LogP contribution in [-0.2, 0) is 6.54 Å². The Hall–Kier alpha value is -1.56. The number of likely N-dealkylation sites (tertiary alicyclic amines) is 1. The van der Waals surface area contributed by atoms with E-state index in [2.05, 4.69) is 27.6 Å². The van der Waals surface area contributed by atoms with Crippen LogP contribution in [0.5, 0.6) is 0 Å². The average Bonchev–Trinajstić information content (AvgIpc) is 3.07. The summed E-state index contributed by atoms with van der Waals surface area (Å²) >= 11 is 0. The third-order valence-corrected chi connectivity index (χ3v) is 3.77. The van der Waals surface area contributed by atoms with Crippen molar-refractivity contribution in [1.82, 2.24) is 25.3 Å². The van der Waals surface area contributed by atoms with Crippen molar-refractivity contribution >= 4 is 6.03 Å². The molecule has 2 N–H and O–H groups in total. The first-order chi connectivity index (χ1) is 9.67. The molecule has 0 saturated carbocycles. The third-order valence-electron chi connectivity index (χ3n) is 3.77. The van der Waals surface area contributed by atoms with Crippen molar-refractivity contribution in [2.24, 2.45) is 5.92 Å². The Morgan fingerprint density at radius 2 is 2.40 bits per heavy atom. The van der Waals surface area contributed by atoms with Crippen LogP contribution in [0.4, 0.5) is 4.79 Å². The fourth-order valence-electron chi connectivity index (χ4n) is 2.61. The van der Waals surface area contributed by atoms with Crippen LogP contribution in [0.3, 0.4) is 0 Å². The molecular formula is C14H25N5O. The van der Waals surface area contributed by atoms with Crippen LogP contribution in [0.1, 0.15) is 20.3 Å². The number of rotatable bonds is 6. The van der Waals surface area contributed by atoms with Crippen LogP contribution in [0.15, 0.2) is 18.5 Å². The summed E-state index contributed by atoms with van der Waals surface area (Å²) in [6.07, 6.45) is 4.82. The van der Waals surface area contributed by atoms with Gasteiger partial charge in [-0.3, -0.25) is 4.68 Å². The van der Waals surface area contributed by atoms with E-state index in [0.29, 0.717) is 12.5 Å². The minimum absolute atomic E-state index is 0.0608. The van der Waals surface area contributed by atoms with Gasteiger partial charge in [0.05, 0.1) is 6.54 Å². The number of hydrogen-bond donors (Lipinski definition) is 2. The number of nitrogens with zero attached hydrogens (tertiary/aromatic N) is 3. The predicted octanol–water partition coefficient (Wildman–Crippen LogP) is 0.913. The fourth-order valence-corrected chi connectivity index (χ4v) is 2.61. The molecule has 1 aliphatic rings. The quantitative estimate of drug-likeness (QED) is 0.814. The van der Waals surface area contributed by atoms with Crippen LogP contribution in [-0.4, -0.2) is 52.9 Å². The van der Waals surface area contributed by atoms with Gasteiger partial charge in [-0.05, 0) is 38.4 Å². The summed E-state index contributed by atoms with van der Waals surface area (Å²) in [5, 5.41) is 10.0. The summed E-state index contributed by atoms with van der Waals surface area (Å²) < 4.78 is 1.82. The summed E-state index contributed by atoms with van der Waals surface area (Å²) in [5.74, 6) is 0.585. The zero-order valence-corrected chi connectivity index (χ0v) is 12.4. The number of amides is 2. The van der Waals surface area contributed by atoms with Crippen molar-refractivity contribution in [2.75, 3.05) is 26.2 Å². The lowest BCUT2D eigenvalue weighted by atomic mass is 10.1. The predicted molar refractivity (Wildman–Crippen MR) is 78.4 cm³/mol. The van der Waals surface area contributed by atoms with Crippen molar-refractivity contribution < 1.29 is 4.79 Å². The van der Waals surface area contributed by atoms with Gasteiger partial charge >= 0.3 is 6.03 Å². The molecule has 112 valence electrons. The summed E-state index contributed by atoms with van der Waals surface area (Å²) in [7, 11) is 0. The molecule has 1 saturated heterocycles.